The molecule has 0 aliphatic carbocycles. The minimum atomic E-state index is -4.53. The Balaban J connectivity index is 2.07. The smallest absolute Gasteiger partial charge is 0.324 e. The summed E-state index contributed by atoms with van der Waals surface area (Å²) in [6.07, 6.45) is -4.53. The number of hydrogen-bond acceptors (Lipinski definition) is 2. The molecule has 0 aromatic heterocycles. The van der Waals surface area contributed by atoms with E-state index >= 15 is 0 Å². The van der Waals surface area contributed by atoms with Gasteiger partial charge in [-0.2, -0.15) is 13.2 Å². The van der Waals surface area contributed by atoms with Crippen LogP contribution >= 0.6 is 11.6 Å². The van der Waals surface area contributed by atoms with Crippen LogP contribution in [0.15, 0.2) is 48.5 Å². The molecule has 1 N–H and O–H groups in total. The minimum Gasteiger partial charge on any atom is -0.324 e. The summed E-state index contributed by atoms with van der Waals surface area (Å²) in [6.45, 7) is 1.80. The first-order valence-electron chi connectivity index (χ1n) is 7.61. The first-order chi connectivity index (χ1) is 11.7. The van der Waals surface area contributed by atoms with Gasteiger partial charge >= 0.3 is 6.18 Å². The lowest BCUT2D eigenvalue weighted by Gasteiger charge is -2.25. The van der Waals surface area contributed by atoms with Gasteiger partial charge in [-0.05, 0) is 37.7 Å². The summed E-state index contributed by atoms with van der Waals surface area (Å²) in [5.41, 5.74) is -0.279. The van der Waals surface area contributed by atoms with Crippen molar-refractivity contribution >= 4 is 23.2 Å². The maximum atomic E-state index is 13.0. The number of halogens is 4. The van der Waals surface area contributed by atoms with Crippen LogP contribution in [-0.2, 0) is 11.0 Å². The minimum absolute atomic E-state index is 0.0709. The van der Waals surface area contributed by atoms with E-state index in [1.807, 2.05) is 19.1 Å². The van der Waals surface area contributed by atoms with E-state index < -0.39 is 17.6 Å². The van der Waals surface area contributed by atoms with Crippen molar-refractivity contribution in [3.05, 3.63) is 64.7 Å². The Labute approximate surface area is 149 Å². The van der Waals surface area contributed by atoms with Crippen molar-refractivity contribution in [1.29, 1.82) is 0 Å². The number of amides is 1. The van der Waals surface area contributed by atoms with Gasteiger partial charge in [-0.3, -0.25) is 9.69 Å². The molecular formula is C18H18ClF3N2O. The highest BCUT2D eigenvalue weighted by molar-refractivity contribution is 6.31. The van der Waals surface area contributed by atoms with Crippen LogP contribution in [0.4, 0.5) is 18.9 Å². The second-order valence-corrected chi connectivity index (χ2v) is 6.11. The van der Waals surface area contributed by atoms with Crippen LogP contribution in [0.2, 0.25) is 5.02 Å². The third-order valence-corrected chi connectivity index (χ3v) is 4.26. The number of carbonyl (C=O) groups excluding carboxylic acids is 1. The fourth-order valence-corrected chi connectivity index (χ4v) is 2.74. The Kier molecular flexibility index (Phi) is 6.08. The first-order valence-corrected chi connectivity index (χ1v) is 7.98. The molecule has 2 rings (SSSR count). The highest BCUT2D eigenvalue weighted by Crippen LogP contribution is 2.34. The van der Waals surface area contributed by atoms with E-state index in [0.717, 1.165) is 11.6 Å². The fraction of sp³-hybridized carbons (Fsp3) is 0.278. The standard InChI is InChI=1S/C18H18ClF3N2O/c1-12(13-7-3-5-9-15(13)19)24(2)11-17(25)23-16-10-6-4-8-14(16)18(20,21)22/h3-10,12H,11H2,1-2H3,(H,23,25). The quantitative estimate of drug-likeness (QED) is 0.804. The molecule has 0 bridgehead atoms. The maximum absolute atomic E-state index is 13.0. The van der Waals surface area contributed by atoms with Crippen molar-refractivity contribution in [2.45, 2.75) is 19.1 Å². The summed E-state index contributed by atoms with van der Waals surface area (Å²) >= 11 is 6.15. The van der Waals surface area contributed by atoms with Gasteiger partial charge in [0.15, 0.2) is 0 Å². The molecule has 0 aliphatic heterocycles. The molecule has 1 unspecified atom stereocenters. The molecular weight excluding hydrogens is 353 g/mol. The predicted molar refractivity (Wildman–Crippen MR) is 92.6 cm³/mol. The highest BCUT2D eigenvalue weighted by Gasteiger charge is 2.33. The van der Waals surface area contributed by atoms with E-state index in [1.54, 1.807) is 24.1 Å². The van der Waals surface area contributed by atoms with Gasteiger partial charge in [0, 0.05) is 11.1 Å². The number of likely N-dealkylation sites (N-methyl/N-ethyl adjacent to an activating group) is 1. The summed E-state index contributed by atoms with van der Waals surface area (Å²) in [4.78, 5) is 13.9. The summed E-state index contributed by atoms with van der Waals surface area (Å²) in [7, 11) is 1.71. The van der Waals surface area contributed by atoms with Crippen LogP contribution in [0, 0.1) is 0 Å². The van der Waals surface area contributed by atoms with Gasteiger partial charge in [-0.1, -0.05) is 41.9 Å². The second kappa shape index (κ2) is 7.89. The van der Waals surface area contributed by atoms with Gasteiger partial charge in [0.25, 0.3) is 0 Å². The van der Waals surface area contributed by atoms with Crippen molar-refractivity contribution in [3.8, 4) is 0 Å². The zero-order valence-corrected chi connectivity index (χ0v) is 14.5. The Morgan fingerprint density at radius 2 is 1.76 bits per heavy atom. The number of carbonyl (C=O) groups is 1. The van der Waals surface area contributed by atoms with Crippen LogP contribution in [-0.4, -0.2) is 24.4 Å². The summed E-state index contributed by atoms with van der Waals surface area (Å²) in [5.74, 6) is -0.530. The topological polar surface area (TPSA) is 32.3 Å². The van der Waals surface area contributed by atoms with Gasteiger partial charge in [-0.25, -0.2) is 0 Å². The van der Waals surface area contributed by atoms with E-state index in [-0.39, 0.29) is 18.3 Å². The van der Waals surface area contributed by atoms with Crippen molar-refractivity contribution in [2.75, 3.05) is 18.9 Å². The Morgan fingerprint density at radius 1 is 1.16 bits per heavy atom. The van der Waals surface area contributed by atoms with Crippen LogP contribution in [0.1, 0.15) is 24.1 Å². The van der Waals surface area contributed by atoms with Gasteiger partial charge in [0.05, 0.1) is 17.8 Å². The van der Waals surface area contributed by atoms with Crippen molar-refractivity contribution < 1.29 is 18.0 Å². The maximum Gasteiger partial charge on any atom is 0.418 e. The molecule has 134 valence electrons. The monoisotopic (exact) mass is 370 g/mol. The lowest BCUT2D eigenvalue weighted by Crippen LogP contribution is -2.32. The normalized spacial score (nSPS) is 12.9. The number of rotatable bonds is 5. The van der Waals surface area contributed by atoms with Gasteiger partial charge in [0.2, 0.25) is 5.91 Å². The molecule has 0 heterocycles. The molecule has 0 saturated carbocycles. The molecule has 25 heavy (non-hydrogen) atoms. The number of nitrogens with zero attached hydrogens (tertiary/aromatic N) is 1. The lowest BCUT2D eigenvalue weighted by molar-refractivity contribution is -0.137. The van der Waals surface area contributed by atoms with Crippen molar-refractivity contribution in [2.24, 2.45) is 0 Å². The summed E-state index contributed by atoms with van der Waals surface area (Å²) in [5, 5.41) is 2.91. The molecule has 0 aliphatic rings. The number of para-hydroxylation sites is 1. The van der Waals surface area contributed by atoms with Gasteiger partial charge in [-0.15, -0.1) is 0 Å². The molecule has 0 saturated heterocycles. The lowest BCUT2D eigenvalue weighted by atomic mass is 10.1. The van der Waals surface area contributed by atoms with Crippen LogP contribution < -0.4 is 5.32 Å². The zero-order valence-electron chi connectivity index (χ0n) is 13.8. The summed E-state index contributed by atoms with van der Waals surface area (Å²) in [6, 6.07) is 12.0. The average Bonchev–Trinajstić information content (AvgIpc) is 2.54. The fourth-order valence-electron chi connectivity index (χ4n) is 2.44. The van der Waals surface area contributed by atoms with Gasteiger partial charge in [0.1, 0.15) is 0 Å². The first kappa shape index (κ1) is 19.3. The molecule has 1 atom stereocenters. The second-order valence-electron chi connectivity index (χ2n) is 5.70. The van der Waals surface area contributed by atoms with E-state index in [4.69, 9.17) is 11.6 Å². The van der Waals surface area contributed by atoms with E-state index in [2.05, 4.69) is 5.32 Å². The summed E-state index contributed by atoms with van der Waals surface area (Å²) < 4.78 is 38.9. The van der Waals surface area contributed by atoms with Crippen molar-refractivity contribution in [1.82, 2.24) is 4.90 Å². The van der Waals surface area contributed by atoms with Crippen LogP contribution in [0.5, 0.6) is 0 Å². The molecule has 2 aromatic carbocycles. The van der Waals surface area contributed by atoms with E-state index in [1.165, 1.54) is 18.2 Å². The van der Waals surface area contributed by atoms with Crippen molar-refractivity contribution in [3.63, 3.8) is 0 Å². The number of benzene rings is 2. The van der Waals surface area contributed by atoms with Crippen LogP contribution in [0.3, 0.4) is 0 Å². The number of alkyl halides is 3. The zero-order chi connectivity index (χ0) is 18.6. The van der Waals surface area contributed by atoms with E-state index in [0.29, 0.717) is 5.02 Å². The van der Waals surface area contributed by atoms with Gasteiger partial charge < -0.3 is 5.32 Å². The molecule has 3 nitrogen and oxygen atoms in total. The molecule has 0 spiro atoms. The molecule has 1 amide bonds. The molecule has 0 radical (unpaired) electrons. The molecule has 0 fully saturated rings. The van der Waals surface area contributed by atoms with E-state index in [9.17, 15) is 18.0 Å². The Bertz CT molecular complexity index is 749. The number of nitrogens with one attached hydrogen (secondary N) is 1. The third-order valence-electron chi connectivity index (χ3n) is 3.92. The largest absolute Gasteiger partial charge is 0.418 e. The average molecular weight is 371 g/mol. The SMILES string of the molecule is CC(c1ccccc1Cl)N(C)CC(=O)Nc1ccccc1C(F)(F)F. The van der Waals surface area contributed by atoms with Crippen LogP contribution in [0.25, 0.3) is 0 Å². The number of anilines is 1. The highest BCUT2D eigenvalue weighted by atomic mass is 35.5. The molecule has 7 heteroatoms. The third kappa shape index (κ3) is 4.96. The Morgan fingerprint density at radius 3 is 2.40 bits per heavy atom. The Hall–Kier alpha value is -2.05. The predicted octanol–water partition coefficient (Wildman–Crippen LogP) is 4.99. The number of hydrogen-bond donors (Lipinski definition) is 1. The molecule has 2 aromatic rings.